The van der Waals surface area contributed by atoms with Crippen molar-refractivity contribution in [2.24, 2.45) is 0 Å². The Labute approximate surface area is 83.7 Å². The van der Waals surface area contributed by atoms with Crippen molar-refractivity contribution in [2.45, 2.75) is 6.54 Å². The molecule has 0 atom stereocenters. The molecule has 0 aliphatic rings. The highest BCUT2D eigenvalue weighted by Gasteiger charge is 2.07. The number of nitrogens with one attached hydrogen (secondary N) is 1. The minimum absolute atomic E-state index is 0.117. The zero-order chi connectivity index (χ0) is 10.6. The summed E-state index contributed by atoms with van der Waals surface area (Å²) in [5, 5.41) is 2.55. The standard InChI is InChI=1S/C10H15N3O/c1-12-10(14)13(2)7-8-5-3-4-6-9(8)11/h3-6H,7,11H2,1-2H3,(H,12,14). The van der Waals surface area contributed by atoms with Crippen LogP contribution in [0.2, 0.25) is 0 Å². The summed E-state index contributed by atoms with van der Waals surface area (Å²) in [4.78, 5) is 12.8. The van der Waals surface area contributed by atoms with Crippen LogP contribution < -0.4 is 11.1 Å². The van der Waals surface area contributed by atoms with Crippen LogP contribution in [-0.2, 0) is 6.54 Å². The lowest BCUT2D eigenvalue weighted by Gasteiger charge is -2.17. The molecule has 4 nitrogen and oxygen atoms in total. The first-order valence-electron chi connectivity index (χ1n) is 4.41. The van der Waals surface area contributed by atoms with Crippen LogP contribution in [-0.4, -0.2) is 25.0 Å². The van der Waals surface area contributed by atoms with E-state index in [4.69, 9.17) is 5.73 Å². The number of benzene rings is 1. The molecule has 1 aromatic rings. The molecule has 0 radical (unpaired) electrons. The topological polar surface area (TPSA) is 58.4 Å². The number of hydrogen-bond donors (Lipinski definition) is 2. The van der Waals surface area contributed by atoms with Crippen molar-refractivity contribution < 1.29 is 4.79 Å². The van der Waals surface area contributed by atoms with Gasteiger partial charge in [-0.3, -0.25) is 0 Å². The van der Waals surface area contributed by atoms with E-state index in [9.17, 15) is 4.79 Å². The third-order valence-corrected chi connectivity index (χ3v) is 2.02. The van der Waals surface area contributed by atoms with E-state index in [0.717, 1.165) is 5.56 Å². The molecule has 0 fully saturated rings. The van der Waals surface area contributed by atoms with Gasteiger partial charge in [-0.2, -0.15) is 0 Å². The van der Waals surface area contributed by atoms with Gasteiger partial charge in [0.05, 0.1) is 0 Å². The molecular formula is C10H15N3O. The summed E-state index contributed by atoms with van der Waals surface area (Å²) in [6, 6.07) is 7.40. The number of amides is 2. The maximum Gasteiger partial charge on any atom is 0.317 e. The van der Waals surface area contributed by atoms with Crippen LogP contribution in [0.25, 0.3) is 0 Å². The van der Waals surface area contributed by atoms with Crippen LogP contribution in [0.15, 0.2) is 24.3 Å². The zero-order valence-electron chi connectivity index (χ0n) is 8.45. The van der Waals surface area contributed by atoms with Crippen LogP contribution in [0.1, 0.15) is 5.56 Å². The first-order chi connectivity index (χ1) is 6.65. The van der Waals surface area contributed by atoms with Crippen LogP contribution in [0, 0.1) is 0 Å². The van der Waals surface area contributed by atoms with Gasteiger partial charge in [-0.1, -0.05) is 18.2 Å². The molecule has 14 heavy (non-hydrogen) atoms. The van der Waals surface area contributed by atoms with Gasteiger partial charge in [0.1, 0.15) is 0 Å². The molecule has 0 heterocycles. The number of hydrogen-bond acceptors (Lipinski definition) is 2. The largest absolute Gasteiger partial charge is 0.398 e. The van der Waals surface area contributed by atoms with Crippen molar-refractivity contribution in [3.05, 3.63) is 29.8 Å². The molecule has 1 rings (SSSR count). The van der Waals surface area contributed by atoms with Gasteiger partial charge < -0.3 is 16.0 Å². The number of nitrogens with zero attached hydrogens (tertiary/aromatic N) is 1. The molecule has 0 saturated heterocycles. The fourth-order valence-electron chi connectivity index (χ4n) is 1.20. The number of nitrogen functional groups attached to an aromatic ring is 1. The molecule has 0 bridgehead atoms. The second kappa shape index (κ2) is 4.50. The molecule has 0 unspecified atom stereocenters. The Morgan fingerprint density at radius 2 is 2.14 bits per heavy atom. The minimum Gasteiger partial charge on any atom is -0.398 e. The Balaban J connectivity index is 2.69. The summed E-state index contributed by atoms with van der Waals surface area (Å²) in [7, 11) is 3.33. The third kappa shape index (κ3) is 2.39. The number of urea groups is 1. The van der Waals surface area contributed by atoms with Gasteiger partial charge >= 0.3 is 6.03 Å². The monoisotopic (exact) mass is 193 g/mol. The first kappa shape index (κ1) is 10.4. The Morgan fingerprint density at radius 1 is 1.50 bits per heavy atom. The highest BCUT2D eigenvalue weighted by molar-refractivity contribution is 5.73. The minimum atomic E-state index is -0.117. The summed E-state index contributed by atoms with van der Waals surface area (Å²) >= 11 is 0. The first-order valence-corrected chi connectivity index (χ1v) is 4.41. The van der Waals surface area contributed by atoms with Crippen LogP contribution >= 0.6 is 0 Å². The maximum atomic E-state index is 11.2. The van der Waals surface area contributed by atoms with Crippen LogP contribution in [0.3, 0.4) is 0 Å². The molecular weight excluding hydrogens is 178 g/mol. The van der Waals surface area contributed by atoms with E-state index in [1.54, 1.807) is 19.0 Å². The lowest BCUT2D eigenvalue weighted by atomic mass is 10.2. The normalized spacial score (nSPS) is 9.57. The second-order valence-electron chi connectivity index (χ2n) is 3.11. The summed E-state index contributed by atoms with van der Waals surface area (Å²) in [5.74, 6) is 0. The van der Waals surface area contributed by atoms with Crippen molar-refractivity contribution in [2.75, 3.05) is 19.8 Å². The Bertz CT molecular complexity index is 325. The Hall–Kier alpha value is -1.71. The van der Waals surface area contributed by atoms with E-state index in [-0.39, 0.29) is 6.03 Å². The number of para-hydroxylation sites is 1. The molecule has 0 aliphatic carbocycles. The number of rotatable bonds is 2. The van der Waals surface area contributed by atoms with E-state index >= 15 is 0 Å². The van der Waals surface area contributed by atoms with E-state index < -0.39 is 0 Å². The van der Waals surface area contributed by atoms with Crippen LogP contribution in [0.4, 0.5) is 10.5 Å². The van der Waals surface area contributed by atoms with Gasteiger partial charge in [-0.15, -0.1) is 0 Å². The average molecular weight is 193 g/mol. The smallest absolute Gasteiger partial charge is 0.317 e. The molecule has 2 amide bonds. The summed E-state index contributed by atoms with van der Waals surface area (Å²) in [6.07, 6.45) is 0. The van der Waals surface area contributed by atoms with Crippen molar-refractivity contribution >= 4 is 11.7 Å². The summed E-state index contributed by atoms with van der Waals surface area (Å²) in [5.41, 5.74) is 7.42. The highest BCUT2D eigenvalue weighted by atomic mass is 16.2. The predicted octanol–water partition coefficient (Wildman–Crippen LogP) is 1.04. The fraction of sp³-hybridized carbons (Fsp3) is 0.300. The van der Waals surface area contributed by atoms with E-state index in [1.165, 1.54) is 0 Å². The third-order valence-electron chi connectivity index (χ3n) is 2.02. The van der Waals surface area contributed by atoms with Crippen molar-refractivity contribution in [1.29, 1.82) is 0 Å². The lowest BCUT2D eigenvalue weighted by Crippen LogP contribution is -2.34. The molecule has 1 aromatic carbocycles. The molecule has 0 aromatic heterocycles. The van der Waals surface area contributed by atoms with Crippen molar-refractivity contribution in [3.63, 3.8) is 0 Å². The second-order valence-corrected chi connectivity index (χ2v) is 3.11. The number of carbonyl (C=O) groups excluding carboxylic acids is 1. The van der Waals surface area contributed by atoms with Gasteiger partial charge in [0.15, 0.2) is 0 Å². The van der Waals surface area contributed by atoms with Crippen molar-refractivity contribution in [1.82, 2.24) is 10.2 Å². The highest BCUT2D eigenvalue weighted by Crippen LogP contribution is 2.12. The molecule has 0 spiro atoms. The molecule has 3 N–H and O–H groups in total. The average Bonchev–Trinajstić information content (AvgIpc) is 2.20. The van der Waals surface area contributed by atoms with Gasteiger partial charge in [-0.25, -0.2) is 4.79 Å². The van der Waals surface area contributed by atoms with Gasteiger partial charge in [0.25, 0.3) is 0 Å². The number of nitrogens with two attached hydrogens (primary N) is 1. The Morgan fingerprint density at radius 3 is 2.71 bits per heavy atom. The van der Waals surface area contributed by atoms with E-state index in [1.807, 2.05) is 24.3 Å². The molecule has 0 saturated carbocycles. The fourth-order valence-corrected chi connectivity index (χ4v) is 1.20. The summed E-state index contributed by atoms with van der Waals surface area (Å²) < 4.78 is 0. The maximum absolute atomic E-state index is 11.2. The van der Waals surface area contributed by atoms with Gasteiger partial charge in [-0.05, 0) is 11.6 Å². The molecule has 0 aliphatic heterocycles. The predicted molar refractivity (Wildman–Crippen MR) is 56.8 cm³/mol. The Kier molecular flexibility index (Phi) is 3.34. The number of carbonyl (C=O) groups is 1. The number of anilines is 1. The lowest BCUT2D eigenvalue weighted by molar-refractivity contribution is 0.209. The van der Waals surface area contributed by atoms with E-state index in [0.29, 0.717) is 12.2 Å². The van der Waals surface area contributed by atoms with Crippen LogP contribution in [0.5, 0.6) is 0 Å². The van der Waals surface area contributed by atoms with Crippen molar-refractivity contribution in [3.8, 4) is 0 Å². The van der Waals surface area contributed by atoms with E-state index in [2.05, 4.69) is 5.32 Å². The zero-order valence-corrected chi connectivity index (χ0v) is 8.45. The summed E-state index contributed by atoms with van der Waals surface area (Å²) in [6.45, 7) is 0.520. The quantitative estimate of drug-likeness (QED) is 0.689. The molecule has 4 heteroatoms. The SMILES string of the molecule is CNC(=O)N(C)Cc1ccccc1N. The van der Waals surface area contributed by atoms with Gasteiger partial charge in [0.2, 0.25) is 0 Å². The van der Waals surface area contributed by atoms with Gasteiger partial charge in [0, 0.05) is 26.3 Å². The molecule has 76 valence electrons.